The first-order chi connectivity index (χ1) is 11.8. The first-order valence-electron chi connectivity index (χ1n) is 7.75. The van der Waals surface area contributed by atoms with Crippen molar-refractivity contribution in [3.63, 3.8) is 0 Å². The summed E-state index contributed by atoms with van der Waals surface area (Å²) >= 11 is 11.2. The van der Waals surface area contributed by atoms with Crippen molar-refractivity contribution in [3.8, 4) is 5.75 Å². The van der Waals surface area contributed by atoms with Crippen LogP contribution in [0.4, 0.5) is 5.69 Å². The smallest absolute Gasteiger partial charge is 0.269 e. The highest BCUT2D eigenvalue weighted by Gasteiger charge is 2.07. The molecule has 0 saturated carbocycles. The molecule has 0 fully saturated rings. The van der Waals surface area contributed by atoms with Gasteiger partial charge in [0.25, 0.3) is 5.91 Å². The van der Waals surface area contributed by atoms with Gasteiger partial charge in [0, 0.05) is 16.3 Å². The normalized spacial score (nSPS) is 10.3. The Morgan fingerprint density at radius 3 is 2.40 bits per heavy atom. The second-order valence-corrected chi connectivity index (χ2v) is 6.50. The summed E-state index contributed by atoms with van der Waals surface area (Å²) in [5.41, 5.74) is 7.40. The van der Waals surface area contributed by atoms with Crippen LogP contribution < -0.4 is 20.9 Å². The summed E-state index contributed by atoms with van der Waals surface area (Å²) in [4.78, 5) is 12.1. The van der Waals surface area contributed by atoms with Gasteiger partial charge in [-0.25, -0.2) is 0 Å². The number of carbonyl (C=O) groups is 1. The largest absolute Gasteiger partial charge is 0.491 e. The lowest BCUT2D eigenvalue weighted by molar-refractivity contribution is 0.0944. The fraction of sp³-hybridized carbons (Fsp3) is 0.222. The molecule has 0 aliphatic rings. The summed E-state index contributed by atoms with van der Waals surface area (Å²) in [6.45, 7) is 5.81. The van der Waals surface area contributed by atoms with Gasteiger partial charge in [0.15, 0.2) is 5.11 Å². The molecule has 0 bridgehead atoms. The van der Waals surface area contributed by atoms with Crippen molar-refractivity contribution >= 4 is 40.5 Å². The molecule has 0 aliphatic carbocycles. The van der Waals surface area contributed by atoms with E-state index in [9.17, 15) is 4.79 Å². The van der Waals surface area contributed by atoms with Crippen molar-refractivity contribution in [3.05, 3.63) is 58.6 Å². The van der Waals surface area contributed by atoms with Crippen molar-refractivity contribution < 1.29 is 9.53 Å². The molecular weight excluding hydrogens is 358 g/mol. The van der Waals surface area contributed by atoms with Gasteiger partial charge in [-0.15, -0.1) is 0 Å². The molecule has 2 aromatic rings. The summed E-state index contributed by atoms with van der Waals surface area (Å²) < 4.78 is 5.54. The Kier molecular flexibility index (Phi) is 6.61. The SMILES string of the molecule is Cc1ccc(NC(=S)NNC(=O)c2ccc(OC(C)C)cc2)cc1Cl. The maximum Gasteiger partial charge on any atom is 0.269 e. The quantitative estimate of drug-likeness (QED) is 0.554. The number of hydrogen-bond acceptors (Lipinski definition) is 3. The van der Waals surface area contributed by atoms with Crippen LogP contribution in [0.25, 0.3) is 0 Å². The van der Waals surface area contributed by atoms with Gasteiger partial charge in [0.05, 0.1) is 6.10 Å². The van der Waals surface area contributed by atoms with Gasteiger partial charge >= 0.3 is 0 Å². The molecule has 25 heavy (non-hydrogen) atoms. The predicted molar refractivity (Wildman–Crippen MR) is 105 cm³/mol. The minimum absolute atomic E-state index is 0.0834. The summed E-state index contributed by atoms with van der Waals surface area (Å²) in [6, 6.07) is 12.4. The molecule has 1 amide bonds. The molecule has 0 radical (unpaired) electrons. The monoisotopic (exact) mass is 377 g/mol. The van der Waals surface area contributed by atoms with E-state index in [0.717, 1.165) is 11.3 Å². The zero-order chi connectivity index (χ0) is 18.4. The second kappa shape index (κ2) is 8.69. The number of benzene rings is 2. The number of aryl methyl sites for hydroxylation is 1. The van der Waals surface area contributed by atoms with Gasteiger partial charge in [0.2, 0.25) is 0 Å². The van der Waals surface area contributed by atoms with E-state index in [0.29, 0.717) is 16.3 Å². The Hall–Kier alpha value is -2.31. The number of hydrogen-bond donors (Lipinski definition) is 3. The molecule has 0 atom stereocenters. The van der Waals surface area contributed by atoms with Crippen LogP contribution in [0.15, 0.2) is 42.5 Å². The number of carbonyl (C=O) groups excluding carboxylic acids is 1. The minimum Gasteiger partial charge on any atom is -0.491 e. The Labute approximate surface area is 157 Å². The molecule has 0 spiro atoms. The lowest BCUT2D eigenvalue weighted by atomic mass is 10.2. The van der Waals surface area contributed by atoms with Crippen LogP contribution >= 0.6 is 23.8 Å². The molecular formula is C18H20ClN3O2S. The fourth-order valence-electron chi connectivity index (χ4n) is 1.98. The van der Waals surface area contributed by atoms with E-state index in [4.69, 9.17) is 28.6 Å². The van der Waals surface area contributed by atoms with Gasteiger partial charge < -0.3 is 10.1 Å². The topological polar surface area (TPSA) is 62.4 Å². The number of halogens is 1. The highest BCUT2D eigenvalue weighted by molar-refractivity contribution is 7.80. The van der Waals surface area contributed by atoms with Gasteiger partial charge in [-0.1, -0.05) is 17.7 Å². The third kappa shape index (κ3) is 5.92. The Morgan fingerprint density at radius 2 is 1.80 bits per heavy atom. The Balaban J connectivity index is 1.86. The standard InChI is InChI=1S/C18H20ClN3O2S/c1-11(2)24-15-8-5-13(6-9-15)17(23)21-22-18(25)20-14-7-4-12(3)16(19)10-14/h4-11H,1-3H3,(H,21,23)(H2,20,22,25). The van der Waals surface area contributed by atoms with E-state index in [1.165, 1.54) is 0 Å². The maximum atomic E-state index is 12.1. The summed E-state index contributed by atoms with van der Waals surface area (Å²) in [5, 5.41) is 3.85. The predicted octanol–water partition coefficient (Wildman–Crippen LogP) is 4.07. The molecule has 0 saturated heterocycles. The van der Waals surface area contributed by atoms with E-state index in [-0.39, 0.29) is 17.1 Å². The molecule has 0 unspecified atom stereocenters. The number of anilines is 1. The van der Waals surface area contributed by atoms with Crippen molar-refractivity contribution in [2.75, 3.05) is 5.32 Å². The van der Waals surface area contributed by atoms with Gasteiger partial charge in [-0.05, 0) is 75.0 Å². The van der Waals surface area contributed by atoms with Crippen LogP contribution in [0, 0.1) is 6.92 Å². The van der Waals surface area contributed by atoms with Crippen molar-refractivity contribution in [1.82, 2.24) is 10.9 Å². The third-order valence-corrected chi connectivity index (χ3v) is 3.82. The zero-order valence-electron chi connectivity index (χ0n) is 14.2. The van der Waals surface area contributed by atoms with Crippen molar-refractivity contribution in [1.29, 1.82) is 0 Å². The number of amides is 1. The second-order valence-electron chi connectivity index (χ2n) is 5.69. The molecule has 2 aromatic carbocycles. The fourth-order valence-corrected chi connectivity index (χ4v) is 2.33. The molecule has 5 nitrogen and oxygen atoms in total. The van der Waals surface area contributed by atoms with Crippen molar-refractivity contribution in [2.24, 2.45) is 0 Å². The van der Waals surface area contributed by atoms with E-state index in [1.807, 2.05) is 32.9 Å². The molecule has 3 N–H and O–H groups in total. The molecule has 132 valence electrons. The van der Waals surface area contributed by atoms with Crippen LogP contribution in [0.5, 0.6) is 5.75 Å². The van der Waals surface area contributed by atoms with Crippen LogP contribution in [0.1, 0.15) is 29.8 Å². The molecule has 0 aromatic heterocycles. The molecule has 7 heteroatoms. The van der Waals surface area contributed by atoms with E-state index < -0.39 is 0 Å². The highest BCUT2D eigenvalue weighted by Crippen LogP contribution is 2.19. The van der Waals surface area contributed by atoms with Gasteiger partial charge in [0.1, 0.15) is 5.75 Å². The van der Waals surface area contributed by atoms with Crippen LogP contribution in [0.2, 0.25) is 5.02 Å². The summed E-state index contributed by atoms with van der Waals surface area (Å²) in [5.74, 6) is 0.412. The Bertz CT molecular complexity index is 763. The van der Waals surface area contributed by atoms with E-state index in [1.54, 1.807) is 30.3 Å². The number of hydrazine groups is 1. The first-order valence-corrected chi connectivity index (χ1v) is 8.54. The van der Waals surface area contributed by atoms with Gasteiger partial charge in [-0.2, -0.15) is 0 Å². The number of ether oxygens (including phenoxy) is 1. The van der Waals surface area contributed by atoms with E-state index >= 15 is 0 Å². The van der Waals surface area contributed by atoms with E-state index in [2.05, 4.69) is 16.2 Å². The minimum atomic E-state index is -0.304. The van der Waals surface area contributed by atoms with Crippen molar-refractivity contribution in [2.45, 2.75) is 26.9 Å². The first kappa shape index (κ1) is 19.0. The van der Waals surface area contributed by atoms with Crippen LogP contribution in [0.3, 0.4) is 0 Å². The lowest BCUT2D eigenvalue weighted by Crippen LogP contribution is -2.43. The van der Waals surface area contributed by atoms with Crippen LogP contribution in [-0.4, -0.2) is 17.1 Å². The van der Waals surface area contributed by atoms with Crippen LogP contribution in [-0.2, 0) is 0 Å². The average molecular weight is 378 g/mol. The molecule has 2 rings (SSSR count). The number of rotatable bonds is 4. The van der Waals surface area contributed by atoms with Gasteiger partial charge in [-0.3, -0.25) is 15.6 Å². The lowest BCUT2D eigenvalue weighted by Gasteiger charge is -2.13. The number of nitrogens with one attached hydrogen (secondary N) is 3. The average Bonchev–Trinajstić information content (AvgIpc) is 2.56. The zero-order valence-corrected chi connectivity index (χ0v) is 15.8. The summed E-state index contributed by atoms with van der Waals surface area (Å²) in [7, 11) is 0. The summed E-state index contributed by atoms with van der Waals surface area (Å²) in [6.07, 6.45) is 0.0834. The maximum absolute atomic E-state index is 12.1. The number of thiocarbonyl (C=S) groups is 1. The highest BCUT2D eigenvalue weighted by atomic mass is 35.5. The molecule has 0 heterocycles. The Morgan fingerprint density at radius 1 is 1.12 bits per heavy atom. The third-order valence-electron chi connectivity index (χ3n) is 3.21. The molecule has 0 aliphatic heterocycles.